The Morgan fingerprint density at radius 3 is 1.96 bits per heavy atom. The fraction of sp³-hybridized carbons (Fsp3) is 0.312. The number of carbonyl (C=O) groups excluding carboxylic acids is 3. The molecule has 0 amide bonds. The summed E-state index contributed by atoms with van der Waals surface area (Å²) in [6, 6.07) is 8.33. The summed E-state index contributed by atoms with van der Waals surface area (Å²) in [6.45, 7) is 1.44. The van der Waals surface area contributed by atoms with Crippen molar-refractivity contribution in [3.05, 3.63) is 41.7 Å². The van der Waals surface area contributed by atoms with E-state index in [0.717, 1.165) is 26.4 Å². The Morgan fingerprint density at radius 1 is 0.958 bits per heavy atom. The number of esters is 3. The van der Waals surface area contributed by atoms with E-state index in [2.05, 4.69) is 0 Å². The number of para-hydroxylation sites is 1. The third-order valence-electron chi connectivity index (χ3n) is 3.59. The lowest BCUT2D eigenvalue weighted by atomic mass is 9.88. The third kappa shape index (κ3) is 2.36. The van der Waals surface area contributed by atoms with Crippen molar-refractivity contribution in [2.24, 2.45) is 0 Å². The zero-order valence-electron chi connectivity index (χ0n) is 13.7. The first-order valence-electron chi connectivity index (χ1n) is 6.94. The highest BCUT2D eigenvalue weighted by Crippen LogP contribution is 2.41. The molecule has 1 heterocycles. The van der Waals surface area contributed by atoms with Crippen LogP contribution < -0.4 is 5.06 Å². The van der Waals surface area contributed by atoms with Crippen molar-refractivity contribution >= 4 is 23.6 Å². The van der Waals surface area contributed by atoms with Crippen LogP contribution in [0, 0.1) is 0 Å². The Balaban J connectivity index is 2.76. The van der Waals surface area contributed by atoms with Gasteiger partial charge in [-0.1, -0.05) is 18.2 Å². The number of methoxy groups -OCH3 is 3. The van der Waals surface area contributed by atoms with E-state index in [-0.39, 0.29) is 11.3 Å². The predicted octanol–water partition coefficient (Wildman–Crippen LogP) is 0.970. The molecule has 0 bridgehead atoms. The number of nitrogens with zero attached hydrogens (tertiary/aromatic N) is 1. The largest absolute Gasteiger partial charge is 0.466 e. The molecule has 24 heavy (non-hydrogen) atoms. The SMILES string of the molecule is COC(=O)C1=C(C)ON(c2ccccc2)C1(C(=O)OC)C(=O)OC. The van der Waals surface area contributed by atoms with Gasteiger partial charge in [0.15, 0.2) is 0 Å². The minimum atomic E-state index is -2.26. The monoisotopic (exact) mass is 335 g/mol. The predicted molar refractivity (Wildman–Crippen MR) is 81.5 cm³/mol. The summed E-state index contributed by atoms with van der Waals surface area (Å²) in [7, 11) is 3.32. The molecule has 128 valence electrons. The van der Waals surface area contributed by atoms with Gasteiger partial charge in [0.25, 0.3) is 0 Å². The highest BCUT2D eigenvalue weighted by molar-refractivity contribution is 6.19. The number of hydroxylamine groups is 1. The van der Waals surface area contributed by atoms with Crippen LogP contribution >= 0.6 is 0 Å². The topological polar surface area (TPSA) is 91.4 Å². The van der Waals surface area contributed by atoms with E-state index in [1.165, 1.54) is 6.92 Å². The summed E-state index contributed by atoms with van der Waals surface area (Å²) >= 11 is 0. The molecule has 0 unspecified atom stereocenters. The highest BCUT2D eigenvalue weighted by Gasteiger charge is 2.66. The number of ether oxygens (including phenoxy) is 3. The lowest BCUT2D eigenvalue weighted by Gasteiger charge is -2.33. The molecule has 1 aliphatic heterocycles. The third-order valence-corrected chi connectivity index (χ3v) is 3.59. The number of rotatable bonds is 4. The second kappa shape index (κ2) is 6.61. The Morgan fingerprint density at radius 2 is 1.50 bits per heavy atom. The first-order chi connectivity index (χ1) is 11.4. The second-order valence-corrected chi connectivity index (χ2v) is 4.84. The number of hydrogen-bond donors (Lipinski definition) is 0. The molecule has 0 radical (unpaired) electrons. The van der Waals surface area contributed by atoms with Crippen molar-refractivity contribution in [1.29, 1.82) is 0 Å². The molecule has 0 saturated carbocycles. The molecule has 0 aliphatic carbocycles. The molecule has 0 spiro atoms. The first-order valence-corrected chi connectivity index (χ1v) is 6.94. The molecule has 0 N–H and O–H groups in total. The fourth-order valence-corrected chi connectivity index (χ4v) is 2.56. The van der Waals surface area contributed by atoms with Crippen LogP contribution in [0.3, 0.4) is 0 Å². The maximum atomic E-state index is 12.6. The zero-order valence-corrected chi connectivity index (χ0v) is 13.7. The van der Waals surface area contributed by atoms with Crippen LogP contribution in [0.25, 0.3) is 0 Å². The number of allylic oxidation sites excluding steroid dienone is 1. The van der Waals surface area contributed by atoms with Crippen molar-refractivity contribution < 1.29 is 33.4 Å². The van der Waals surface area contributed by atoms with E-state index in [9.17, 15) is 14.4 Å². The fourth-order valence-electron chi connectivity index (χ4n) is 2.56. The Hall–Kier alpha value is -3.03. The molecule has 0 saturated heterocycles. The maximum absolute atomic E-state index is 12.6. The van der Waals surface area contributed by atoms with Gasteiger partial charge in [-0.2, -0.15) is 5.06 Å². The highest BCUT2D eigenvalue weighted by atomic mass is 16.7. The Labute approximate surface area is 138 Å². The van der Waals surface area contributed by atoms with Gasteiger partial charge in [-0.3, -0.25) is 0 Å². The Bertz CT molecular complexity index is 680. The van der Waals surface area contributed by atoms with Crippen molar-refractivity contribution in [1.82, 2.24) is 0 Å². The van der Waals surface area contributed by atoms with Gasteiger partial charge in [0.2, 0.25) is 0 Å². The molecule has 1 aliphatic rings. The second-order valence-electron chi connectivity index (χ2n) is 4.84. The number of carbonyl (C=O) groups is 3. The molecule has 8 nitrogen and oxygen atoms in total. The molecule has 0 atom stereocenters. The van der Waals surface area contributed by atoms with Crippen molar-refractivity contribution in [2.45, 2.75) is 12.5 Å². The van der Waals surface area contributed by atoms with Gasteiger partial charge in [-0.05, 0) is 19.1 Å². The average molecular weight is 335 g/mol. The van der Waals surface area contributed by atoms with Crippen LogP contribution in [0.4, 0.5) is 5.69 Å². The van der Waals surface area contributed by atoms with Crippen LogP contribution in [0.2, 0.25) is 0 Å². The number of anilines is 1. The molecule has 0 aromatic heterocycles. The van der Waals surface area contributed by atoms with Crippen LogP contribution in [0.5, 0.6) is 0 Å². The molecule has 1 aromatic rings. The van der Waals surface area contributed by atoms with Gasteiger partial charge in [-0.15, -0.1) is 0 Å². The number of benzene rings is 1. The van der Waals surface area contributed by atoms with Gasteiger partial charge in [-0.25, -0.2) is 14.4 Å². The van der Waals surface area contributed by atoms with Crippen molar-refractivity contribution in [3.63, 3.8) is 0 Å². The first kappa shape index (κ1) is 17.3. The van der Waals surface area contributed by atoms with Gasteiger partial charge in [0, 0.05) is 0 Å². The van der Waals surface area contributed by atoms with Crippen LogP contribution in [0.1, 0.15) is 6.92 Å². The van der Waals surface area contributed by atoms with E-state index < -0.39 is 23.4 Å². The van der Waals surface area contributed by atoms with Crippen LogP contribution in [-0.2, 0) is 33.4 Å². The van der Waals surface area contributed by atoms with E-state index in [1.54, 1.807) is 30.3 Å². The Kier molecular flexibility index (Phi) is 4.77. The summed E-state index contributed by atoms with van der Waals surface area (Å²) in [5.74, 6) is -2.94. The summed E-state index contributed by atoms with van der Waals surface area (Å²) < 4.78 is 14.3. The summed E-state index contributed by atoms with van der Waals surface area (Å²) in [5, 5.41) is 0.992. The average Bonchev–Trinajstić information content (AvgIpc) is 2.94. The quantitative estimate of drug-likeness (QED) is 0.457. The van der Waals surface area contributed by atoms with Crippen molar-refractivity contribution in [2.75, 3.05) is 26.4 Å². The zero-order chi connectivity index (χ0) is 17.9. The molecule has 1 aromatic carbocycles. The minimum absolute atomic E-state index is 0.0292. The minimum Gasteiger partial charge on any atom is -0.466 e. The van der Waals surface area contributed by atoms with Gasteiger partial charge in [0.1, 0.15) is 11.3 Å². The van der Waals surface area contributed by atoms with Crippen LogP contribution in [-0.4, -0.2) is 44.8 Å². The maximum Gasteiger partial charge on any atom is 0.352 e. The van der Waals surface area contributed by atoms with E-state index in [0.29, 0.717) is 5.69 Å². The summed E-state index contributed by atoms with van der Waals surface area (Å²) in [6.07, 6.45) is 0. The van der Waals surface area contributed by atoms with Gasteiger partial charge in [0.05, 0.1) is 27.0 Å². The normalized spacial score (nSPS) is 15.6. The van der Waals surface area contributed by atoms with E-state index in [4.69, 9.17) is 19.0 Å². The van der Waals surface area contributed by atoms with E-state index >= 15 is 0 Å². The van der Waals surface area contributed by atoms with E-state index in [1.807, 2.05) is 0 Å². The van der Waals surface area contributed by atoms with Gasteiger partial charge >= 0.3 is 23.4 Å². The van der Waals surface area contributed by atoms with Crippen molar-refractivity contribution in [3.8, 4) is 0 Å². The smallest absolute Gasteiger partial charge is 0.352 e. The summed E-state index contributed by atoms with van der Waals surface area (Å²) in [4.78, 5) is 43.0. The molecule has 0 fully saturated rings. The van der Waals surface area contributed by atoms with Gasteiger partial charge < -0.3 is 19.0 Å². The number of hydrogen-bond acceptors (Lipinski definition) is 8. The van der Waals surface area contributed by atoms with Crippen LogP contribution in [0.15, 0.2) is 41.7 Å². The lowest BCUT2D eigenvalue weighted by Crippen LogP contribution is -2.61. The summed E-state index contributed by atoms with van der Waals surface area (Å²) in [5.41, 5.74) is -2.21. The molecular weight excluding hydrogens is 318 g/mol. The lowest BCUT2D eigenvalue weighted by molar-refractivity contribution is -0.163. The molecular formula is C16H17NO7. The standard InChI is InChI=1S/C16H17NO7/c1-10-12(13(18)21-2)16(14(19)22-3,15(20)23-4)17(24-10)11-8-6-5-7-9-11/h5-9H,1-4H3. The molecule has 8 heteroatoms. The molecule has 2 rings (SSSR count).